The molecule has 1 N–H and O–H groups in total. The highest BCUT2D eigenvalue weighted by molar-refractivity contribution is 14.1. The third-order valence-corrected chi connectivity index (χ3v) is 6.67. The Balaban J connectivity index is 1.72. The van der Waals surface area contributed by atoms with E-state index >= 15 is 0 Å². The van der Waals surface area contributed by atoms with Crippen molar-refractivity contribution in [3.63, 3.8) is 0 Å². The van der Waals surface area contributed by atoms with Crippen LogP contribution in [0.2, 0.25) is 0 Å². The van der Waals surface area contributed by atoms with Crippen LogP contribution in [0.15, 0.2) is 28.5 Å². The second-order valence-corrected chi connectivity index (χ2v) is 9.00. The molecule has 1 fully saturated rings. The van der Waals surface area contributed by atoms with Crippen molar-refractivity contribution in [1.29, 1.82) is 0 Å². The lowest BCUT2D eigenvalue weighted by Gasteiger charge is -2.51. The number of carbonyl (C=O) groups is 4. The summed E-state index contributed by atoms with van der Waals surface area (Å²) in [6, 6.07) is 1.77. The van der Waals surface area contributed by atoms with Crippen LogP contribution >= 0.6 is 45.7 Å². The van der Waals surface area contributed by atoms with E-state index in [4.69, 9.17) is 9.47 Å². The van der Waals surface area contributed by atoms with Gasteiger partial charge in [0.1, 0.15) is 18.0 Å². The molecule has 2 unspecified atom stereocenters. The Morgan fingerprint density at radius 1 is 1.36 bits per heavy atom. The summed E-state index contributed by atoms with van der Waals surface area (Å²) in [5.74, 6) is -2.08. The minimum absolute atomic E-state index is 0.0645. The summed E-state index contributed by atoms with van der Waals surface area (Å²) >= 11 is 4.72. The number of thioether (sulfide) groups is 1. The zero-order chi connectivity index (χ0) is 20.3. The molecule has 0 saturated carbocycles. The van der Waals surface area contributed by atoms with Crippen molar-refractivity contribution in [2.24, 2.45) is 0 Å². The number of halogens is 1. The fourth-order valence-corrected chi connectivity index (χ4v) is 5.05. The summed E-state index contributed by atoms with van der Waals surface area (Å²) in [5, 5.41) is 5.63. The van der Waals surface area contributed by atoms with Crippen LogP contribution < -0.4 is 5.32 Å². The van der Waals surface area contributed by atoms with Gasteiger partial charge in [-0.15, -0.1) is 23.1 Å². The highest BCUT2D eigenvalue weighted by Crippen LogP contribution is 2.40. The first-order valence-corrected chi connectivity index (χ1v) is 11.6. The van der Waals surface area contributed by atoms with Crippen LogP contribution in [-0.4, -0.2) is 64.3 Å². The zero-order valence-electron chi connectivity index (χ0n) is 14.8. The number of esters is 2. The normalized spacial score (nSPS) is 23.2. The molecule has 3 heterocycles. The van der Waals surface area contributed by atoms with Crippen LogP contribution in [0.5, 0.6) is 0 Å². The molecule has 1 saturated heterocycles. The Morgan fingerprint density at radius 2 is 2.14 bits per heavy atom. The molecule has 28 heavy (non-hydrogen) atoms. The lowest BCUT2D eigenvalue weighted by molar-refractivity contribution is -0.163. The smallest absolute Gasteiger partial charge is 0.337 e. The molecule has 8 nitrogen and oxygen atoms in total. The molecule has 11 heteroatoms. The fraction of sp³-hybridized carbons (Fsp3) is 0.412. The SMILES string of the molecule is COC(=O)C1C(C(=O)OCCI)=CS[C@H]2C(NC(=O)Cc3cccs3)C(=O)N12. The van der Waals surface area contributed by atoms with E-state index in [9.17, 15) is 19.2 Å². The van der Waals surface area contributed by atoms with Crippen LogP contribution in [0.25, 0.3) is 0 Å². The first kappa shape index (κ1) is 21.1. The molecule has 3 atom stereocenters. The number of hydrogen-bond donors (Lipinski definition) is 1. The number of nitrogens with one attached hydrogen (secondary N) is 1. The molecule has 2 aliphatic heterocycles. The van der Waals surface area contributed by atoms with Crippen molar-refractivity contribution in [2.45, 2.75) is 23.9 Å². The topological polar surface area (TPSA) is 102 Å². The lowest BCUT2D eigenvalue weighted by atomic mass is 9.98. The molecule has 150 valence electrons. The summed E-state index contributed by atoms with van der Waals surface area (Å²) in [6.45, 7) is 0.202. The Kier molecular flexibility index (Phi) is 6.99. The third-order valence-electron chi connectivity index (χ3n) is 4.19. The quantitative estimate of drug-likeness (QED) is 0.241. The summed E-state index contributed by atoms with van der Waals surface area (Å²) in [4.78, 5) is 51.6. The molecular formula is C17H17IN2O6S2. The van der Waals surface area contributed by atoms with Gasteiger partial charge in [0.2, 0.25) is 11.8 Å². The predicted molar refractivity (Wildman–Crippen MR) is 112 cm³/mol. The van der Waals surface area contributed by atoms with Crippen molar-refractivity contribution in [1.82, 2.24) is 10.2 Å². The number of fused-ring (bicyclic) bond motifs is 1. The van der Waals surface area contributed by atoms with Crippen LogP contribution in [0, 0.1) is 0 Å². The molecule has 0 spiro atoms. The van der Waals surface area contributed by atoms with Gasteiger partial charge in [0.05, 0.1) is 19.1 Å². The van der Waals surface area contributed by atoms with Gasteiger partial charge in [-0.3, -0.25) is 9.59 Å². The van der Waals surface area contributed by atoms with Gasteiger partial charge in [-0.1, -0.05) is 28.7 Å². The minimum Gasteiger partial charge on any atom is -0.467 e. The highest BCUT2D eigenvalue weighted by Gasteiger charge is 2.57. The van der Waals surface area contributed by atoms with Crippen molar-refractivity contribution in [3.8, 4) is 0 Å². The van der Waals surface area contributed by atoms with E-state index in [1.165, 1.54) is 40.5 Å². The molecule has 0 radical (unpaired) electrons. The Morgan fingerprint density at radius 3 is 2.79 bits per heavy atom. The molecule has 0 aromatic carbocycles. The number of thiophene rings is 1. The standard InChI is InChI=1S/C17H17IN2O6S2/c1-25-17(24)13-10(16(23)26-5-4-18)8-28-15-12(14(22)20(13)15)19-11(21)7-9-3-2-6-27-9/h2-3,6,8,12-13,15H,4-5,7H2,1H3,(H,19,21)/t12?,13?,15-/m0/s1. The van der Waals surface area contributed by atoms with E-state index < -0.39 is 35.3 Å². The predicted octanol–water partition coefficient (Wildman–Crippen LogP) is 1.09. The molecule has 2 aliphatic rings. The maximum atomic E-state index is 12.7. The number of alkyl halides is 1. The highest BCUT2D eigenvalue weighted by atomic mass is 127. The molecular weight excluding hydrogens is 519 g/mol. The summed E-state index contributed by atoms with van der Waals surface area (Å²) < 4.78 is 10.5. The van der Waals surface area contributed by atoms with Crippen LogP contribution in [0.4, 0.5) is 0 Å². The number of carbonyl (C=O) groups excluding carboxylic acids is 4. The number of nitrogens with zero attached hydrogens (tertiary/aromatic N) is 1. The van der Waals surface area contributed by atoms with Crippen LogP contribution in [0.1, 0.15) is 4.88 Å². The third kappa shape index (κ3) is 4.20. The van der Waals surface area contributed by atoms with Crippen molar-refractivity contribution < 1.29 is 28.7 Å². The van der Waals surface area contributed by atoms with E-state index in [0.29, 0.717) is 4.43 Å². The Labute approximate surface area is 183 Å². The van der Waals surface area contributed by atoms with Crippen LogP contribution in [-0.2, 0) is 35.1 Å². The minimum atomic E-state index is -1.17. The number of ether oxygens (including phenoxy) is 2. The van der Waals surface area contributed by atoms with E-state index in [1.807, 2.05) is 17.5 Å². The van der Waals surface area contributed by atoms with Crippen molar-refractivity contribution in [3.05, 3.63) is 33.4 Å². The van der Waals surface area contributed by atoms with Gasteiger partial charge < -0.3 is 19.7 Å². The average Bonchev–Trinajstić information content (AvgIpc) is 3.21. The van der Waals surface area contributed by atoms with Gasteiger partial charge in [-0.25, -0.2) is 9.59 Å². The maximum Gasteiger partial charge on any atom is 0.337 e. The van der Waals surface area contributed by atoms with Gasteiger partial charge in [0.15, 0.2) is 6.04 Å². The maximum absolute atomic E-state index is 12.7. The van der Waals surface area contributed by atoms with E-state index in [2.05, 4.69) is 27.9 Å². The van der Waals surface area contributed by atoms with E-state index in [-0.39, 0.29) is 24.5 Å². The Bertz CT molecular complexity index is 813. The Hall–Kier alpha value is -1.60. The molecule has 0 bridgehead atoms. The number of methoxy groups -OCH3 is 1. The monoisotopic (exact) mass is 536 g/mol. The van der Waals surface area contributed by atoms with Crippen LogP contribution in [0.3, 0.4) is 0 Å². The van der Waals surface area contributed by atoms with Gasteiger partial charge in [-0.2, -0.15) is 0 Å². The first-order valence-electron chi connectivity index (χ1n) is 8.28. The van der Waals surface area contributed by atoms with Crippen molar-refractivity contribution >= 4 is 69.4 Å². The molecule has 0 aliphatic carbocycles. The second kappa shape index (κ2) is 9.27. The number of β-lactam (4-membered cyclic amide) rings is 1. The lowest BCUT2D eigenvalue weighted by Crippen LogP contribution is -2.74. The van der Waals surface area contributed by atoms with Gasteiger partial charge in [-0.05, 0) is 16.9 Å². The second-order valence-electron chi connectivity index (χ2n) is 5.90. The summed E-state index contributed by atoms with van der Waals surface area (Å²) in [7, 11) is 1.19. The zero-order valence-corrected chi connectivity index (χ0v) is 18.5. The first-order chi connectivity index (χ1) is 13.5. The van der Waals surface area contributed by atoms with Gasteiger partial charge in [0, 0.05) is 9.30 Å². The van der Waals surface area contributed by atoms with Gasteiger partial charge >= 0.3 is 11.9 Å². The molecule has 1 aromatic rings. The number of hydrogen-bond acceptors (Lipinski definition) is 8. The largest absolute Gasteiger partial charge is 0.467 e. The number of rotatable bonds is 7. The summed E-state index contributed by atoms with van der Waals surface area (Å²) in [5.41, 5.74) is 0.0645. The van der Waals surface area contributed by atoms with Crippen molar-refractivity contribution in [2.75, 3.05) is 18.1 Å². The van der Waals surface area contributed by atoms with Gasteiger partial charge in [0.25, 0.3) is 0 Å². The fourth-order valence-electron chi connectivity index (χ4n) is 2.92. The molecule has 3 rings (SSSR count). The molecule has 1 aromatic heterocycles. The average molecular weight is 536 g/mol. The van der Waals surface area contributed by atoms with E-state index in [0.717, 1.165) is 4.88 Å². The molecule has 2 amide bonds. The summed E-state index contributed by atoms with van der Waals surface area (Å²) in [6.07, 6.45) is 0.184. The van der Waals surface area contributed by atoms with E-state index in [1.54, 1.807) is 0 Å². The number of amides is 2.